The lowest BCUT2D eigenvalue weighted by atomic mass is 10.2. The maximum atomic E-state index is 5.76. The van der Waals surface area contributed by atoms with Crippen LogP contribution >= 0.6 is 0 Å². The van der Waals surface area contributed by atoms with Crippen molar-refractivity contribution < 1.29 is 4.74 Å². The Morgan fingerprint density at radius 2 is 2.17 bits per heavy atom. The maximum absolute atomic E-state index is 5.76. The lowest BCUT2D eigenvalue weighted by Crippen LogP contribution is -2.10. The lowest BCUT2D eigenvalue weighted by molar-refractivity contribution is 0.103. The molecule has 0 spiro atoms. The first-order valence-corrected chi connectivity index (χ1v) is 6.38. The molecule has 0 amide bonds. The van der Waals surface area contributed by atoms with Gasteiger partial charge in [0, 0.05) is 18.8 Å². The van der Waals surface area contributed by atoms with Crippen LogP contribution in [0, 0.1) is 12.8 Å². The van der Waals surface area contributed by atoms with E-state index < -0.39 is 0 Å². The maximum Gasteiger partial charge on any atom is 0.106 e. The van der Waals surface area contributed by atoms with Crippen molar-refractivity contribution in [1.82, 2.24) is 9.55 Å². The summed E-state index contributed by atoms with van der Waals surface area (Å²) >= 11 is 0. The van der Waals surface area contributed by atoms with Crippen molar-refractivity contribution in [3.63, 3.8) is 0 Å². The molecular formula is C14H21N3O. The minimum Gasteiger partial charge on any atom is -0.399 e. The van der Waals surface area contributed by atoms with Crippen molar-refractivity contribution in [1.29, 1.82) is 0 Å². The monoisotopic (exact) mass is 247 g/mol. The van der Waals surface area contributed by atoms with E-state index in [1.807, 2.05) is 25.1 Å². The summed E-state index contributed by atoms with van der Waals surface area (Å²) in [7, 11) is 0. The van der Waals surface area contributed by atoms with Crippen molar-refractivity contribution >= 4 is 16.7 Å². The highest BCUT2D eigenvalue weighted by molar-refractivity contribution is 5.79. The van der Waals surface area contributed by atoms with Crippen LogP contribution in [0.5, 0.6) is 0 Å². The van der Waals surface area contributed by atoms with Crippen molar-refractivity contribution in [3.05, 3.63) is 24.0 Å². The summed E-state index contributed by atoms with van der Waals surface area (Å²) in [4.78, 5) is 4.52. The highest BCUT2D eigenvalue weighted by Gasteiger charge is 2.07. The van der Waals surface area contributed by atoms with Crippen LogP contribution in [-0.4, -0.2) is 22.8 Å². The van der Waals surface area contributed by atoms with E-state index in [1.54, 1.807) is 0 Å². The molecule has 2 rings (SSSR count). The number of nitrogens with two attached hydrogens (primary N) is 1. The molecule has 0 saturated heterocycles. The van der Waals surface area contributed by atoms with Crippen LogP contribution in [-0.2, 0) is 11.3 Å². The molecule has 1 aromatic heterocycles. The predicted octanol–water partition coefficient (Wildman–Crippen LogP) is 2.60. The molecule has 4 heteroatoms. The summed E-state index contributed by atoms with van der Waals surface area (Å²) in [5.74, 6) is 1.58. The van der Waals surface area contributed by atoms with Gasteiger partial charge in [-0.3, -0.25) is 0 Å². The van der Waals surface area contributed by atoms with Gasteiger partial charge < -0.3 is 15.0 Å². The number of ether oxygens (including phenoxy) is 1. The van der Waals surface area contributed by atoms with Crippen LogP contribution in [0.2, 0.25) is 0 Å². The fourth-order valence-electron chi connectivity index (χ4n) is 2.02. The third-order valence-corrected chi connectivity index (χ3v) is 2.87. The average Bonchev–Trinajstić information content (AvgIpc) is 2.59. The zero-order valence-corrected chi connectivity index (χ0v) is 11.3. The smallest absolute Gasteiger partial charge is 0.106 e. The van der Waals surface area contributed by atoms with Crippen molar-refractivity contribution in [2.45, 2.75) is 27.3 Å². The van der Waals surface area contributed by atoms with Crippen LogP contribution in [0.3, 0.4) is 0 Å². The van der Waals surface area contributed by atoms with Crippen molar-refractivity contribution in [2.24, 2.45) is 5.92 Å². The number of hydrogen-bond acceptors (Lipinski definition) is 3. The highest BCUT2D eigenvalue weighted by atomic mass is 16.5. The van der Waals surface area contributed by atoms with E-state index in [9.17, 15) is 0 Å². The van der Waals surface area contributed by atoms with Crippen LogP contribution in [0.1, 0.15) is 19.7 Å². The van der Waals surface area contributed by atoms with E-state index in [1.165, 1.54) is 0 Å². The zero-order chi connectivity index (χ0) is 13.1. The molecule has 18 heavy (non-hydrogen) atoms. The van der Waals surface area contributed by atoms with Crippen LogP contribution in [0.25, 0.3) is 11.0 Å². The number of benzene rings is 1. The number of imidazole rings is 1. The van der Waals surface area contributed by atoms with E-state index in [0.29, 0.717) is 5.92 Å². The first kappa shape index (κ1) is 12.9. The third kappa shape index (κ3) is 2.82. The largest absolute Gasteiger partial charge is 0.399 e. The number of anilines is 1. The van der Waals surface area contributed by atoms with Gasteiger partial charge in [-0.05, 0) is 31.0 Å². The van der Waals surface area contributed by atoms with Gasteiger partial charge in [-0.2, -0.15) is 0 Å². The molecule has 1 heterocycles. The molecule has 2 aromatic rings. The molecule has 0 saturated carbocycles. The number of aromatic nitrogens is 2. The minimum absolute atomic E-state index is 0.574. The second kappa shape index (κ2) is 5.40. The number of nitrogens with zero attached hydrogens (tertiary/aromatic N) is 2. The Morgan fingerprint density at radius 3 is 2.89 bits per heavy atom. The Labute approximate surface area is 108 Å². The van der Waals surface area contributed by atoms with Gasteiger partial charge in [0.1, 0.15) is 5.82 Å². The predicted molar refractivity (Wildman–Crippen MR) is 74.5 cm³/mol. The third-order valence-electron chi connectivity index (χ3n) is 2.87. The molecule has 0 bridgehead atoms. The van der Waals surface area contributed by atoms with Crippen LogP contribution in [0.15, 0.2) is 18.2 Å². The molecule has 98 valence electrons. The number of fused-ring (bicyclic) bond motifs is 1. The molecule has 0 atom stereocenters. The summed E-state index contributed by atoms with van der Waals surface area (Å²) in [6.45, 7) is 8.67. The summed E-state index contributed by atoms with van der Waals surface area (Å²) in [6, 6.07) is 5.84. The molecule has 0 aliphatic rings. The quantitative estimate of drug-likeness (QED) is 0.652. The Balaban J connectivity index is 2.10. The highest BCUT2D eigenvalue weighted by Crippen LogP contribution is 2.18. The van der Waals surface area contributed by atoms with Gasteiger partial charge in [-0.25, -0.2) is 4.98 Å². The van der Waals surface area contributed by atoms with E-state index in [-0.39, 0.29) is 0 Å². The molecule has 0 radical (unpaired) electrons. The van der Waals surface area contributed by atoms with Gasteiger partial charge in [0.25, 0.3) is 0 Å². The fraction of sp³-hybridized carbons (Fsp3) is 0.500. The van der Waals surface area contributed by atoms with Crippen molar-refractivity contribution in [2.75, 3.05) is 18.9 Å². The van der Waals surface area contributed by atoms with Crippen LogP contribution in [0.4, 0.5) is 5.69 Å². The van der Waals surface area contributed by atoms with E-state index in [4.69, 9.17) is 10.5 Å². The summed E-state index contributed by atoms with van der Waals surface area (Å²) in [5.41, 5.74) is 8.59. The Morgan fingerprint density at radius 1 is 1.39 bits per heavy atom. The number of aryl methyl sites for hydroxylation is 1. The van der Waals surface area contributed by atoms with Crippen LogP contribution < -0.4 is 5.73 Å². The normalized spacial score (nSPS) is 11.6. The summed E-state index contributed by atoms with van der Waals surface area (Å²) in [5, 5.41) is 0. The number of nitrogen functional groups attached to an aromatic ring is 1. The minimum atomic E-state index is 0.574. The molecule has 4 nitrogen and oxygen atoms in total. The van der Waals surface area contributed by atoms with E-state index >= 15 is 0 Å². The first-order valence-electron chi connectivity index (χ1n) is 6.38. The molecule has 0 unspecified atom stereocenters. The average molecular weight is 247 g/mol. The van der Waals surface area contributed by atoms with Gasteiger partial charge >= 0.3 is 0 Å². The SMILES string of the molecule is Cc1nc2cc(N)ccc2n1CCOCC(C)C. The molecular weight excluding hydrogens is 226 g/mol. The Kier molecular flexibility index (Phi) is 3.87. The molecule has 1 aromatic carbocycles. The first-order chi connectivity index (χ1) is 8.58. The number of hydrogen-bond donors (Lipinski definition) is 1. The zero-order valence-electron chi connectivity index (χ0n) is 11.3. The van der Waals surface area contributed by atoms with Gasteiger partial charge in [-0.15, -0.1) is 0 Å². The Hall–Kier alpha value is -1.55. The molecule has 0 aliphatic carbocycles. The summed E-state index contributed by atoms with van der Waals surface area (Å²) in [6.07, 6.45) is 0. The topological polar surface area (TPSA) is 53.1 Å². The molecule has 0 aliphatic heterocycles. The summed E-state index contributed by atoms with van der Waals surface area (Å²) < 4.78 is 7.80. The lowest BCUT2D eigenvalue weighted by Gasteiger charge is -2.09. The standard InChI is InChI=1S/C14H21N3O/c1-10(2)9-18-7-6-17-11(3)16-13-8-12(15)4-5-14(13)17/h4-5,8,10H,6-7,9,15H2,1-3H3. The molecule has 0 fully saturated rings. The van der Waals surface area contributed by atoms with Gasteiger partial charge in [0.05, 0.1) is 17.6 Å². The second-order valence-electron chi connectivity index (χ2n) is 5.03. The second-order valence-corrected chi connectivity index (χ2v) is 5.03. The van der Waals surface area contributed by atoms with Crippen molar-refractivity contribution in [3.8, 4) is 0 Å². The Bertz CT molecular complexity index is 531. The van der Waals surface area contributed by atoms with Gasteiger partial charge in [-0.1, -0.05) is 13.8 Å². The van der Waals surface area contributed by atoms with Gasteiger partial charge in [0.15, 0.2) is 0 Å². The molecule has 2 N–H and O–H groups in total. The van der Waals surface area contributed by atoms with E-state index in [2.05, 4.69) is 23.4 Å². The fourth-order valence-corrected chi connectivity index (χ4v) is 2.02. The van der Waals surface area contributed by atoms with Gasteiger partial charge in [0.2, 0.25) is 0 Å². The number of rotatable bonds is 5. The van der Waals surface area contributed by atoms with E-state index in [0.717, 1.165) is 42.3 Å².